The first kappa shape index (κ1) is 20.6. The molecule has 1 saturated heterocycles. The number of aromatic nitrogens is 1. The number of nitro groups is 1. The van der Waals surface area contributed by atoms with Gasteiger partial charge in [-0.3, -0.25) is 20.0 Å². The van der Waals surface area contributed by atoms with Crippen molar-refractivity contribution >= 4 is 34.6 Å². The van der Waals surface area contributed by atoms with Gasteiger partial charge in [-0.2, -0.15) is 0 Å². The summed E-state index contributed by atoms with van der Waals surface area (Å²) in [6.07, 6.45) is 2.48. The number of nitrogens with zero attached hydrogens (tertiary/aromatic N) is 4. The highest BCUT2D eigenvalue weighted by Crippen LogP contribution is 2.33. The molecule has 0 saturated carbocycles. The smallest absolute Gasteiger partial charge is 0.269 e. The predicted molar refractivity (Wildman–Crippen MR) is 108 cm³/mol. The van der Waals surface area contributed by atoms with E-state index in [2.05, 4.69) is 14.8 Å². The fraction of sp³-hybridized carbons (Fsp3) is 0.389. The second kappa shape index (κ2) is 9.38. The largest absolute Gasteiger partial charge is 0.491 e. The number of benzene rings is 1. The first-order valence-corrected chi connectivity index (χ1v) is 9.51. The zero-order chi connectivity index (χ0) is 20.1. The lowest BCUT2D eigenvalue weighted by atomic mass is 10.2. The molecule has 1 aliphatic rings. The molecule has 3 rings (SSSR count). The molecule has 28 heavy (non-hydrogen) atoms. The van der Waals surface area contributed by atoms with Crippen LogP contribution in [0.25, 0.3) is 0 Å². The minimum Gasteiger partial charge on any atom is -0.491 e. The summed E-state index contributed by atoms with van der Waals surface area (Å²) in [5.41, 5.74) is 0.792. The van der Waals surface area contributed by atoms with Gasteiger partial charge in [0.2, 0.25) is 0 Å². The molecule has 0 amide bonds. The minimum atomic E-state index is -0.671. The Labute approximate surface area is 172 Å². The van der Waals surface area contributed by atoms with Crippen LogP contribution in [0.3, 0.4) is 0 Å². The quantitative estimate of drug-likeness (QED) is 0.537. The molecule has 1 aromatic heterocycles. The van der Waals surface area contributed by atoms with Crippen LogP contribution in [0.15, 0.2) is 36.7 Å². The highest BCUT2D eigenvalue weighted by molar-refractivity contribution is 6.38. The van der Waals surface area contributed by atoms with Crippen molar-refractivity contribution in [2.24, 2.45) is 0 Å². The Morgan fingerprint density at radius 1 is 1.14 bits per heavy atom. The Morgan fingerprint density at radius 3 is 2.32 bits per heavy atom. The molecule has 8 nitrogen and oxygen atoms in total. The molecule has 1 unspecified atom stereocenters. The van der Waals surface area contributed by atoms with E-state index in [1.54, 1.807) is 12.4 Å². The number of aliphatic hydroxyl groups excluding tert-OH is 1. The summed E-state index contributed by atoms with van der Waals surface area (Å²) in [5, 5.41) is 21.9. The van der Waals surface area contributed by atoms with Gasteiger partial charge in [-0.05, 0) is 12.1 Å². The van der Waals surface area contributed by atoms with Crippen molar-refractivity contribution < 1.29 is 14.8 Å². The van der Waals surface area contributed by atoms with Crippen LogP contribution in [-0.4, -0.2) is 65.3 Å². The zero-order valence-corrected chi connectivity index (χ0v) is 16.5. The Bertz CT molecular complexity index is 793. The number of piperazine rings is 1. The maximum absolute atomic E-state index is 10.6. The molecular formula is C18H20Cl2N4O4. The fourth-order valence-corrected chi connectivity index (χ4v) is 3.67. The molecule has 0 radical (unpaired) electrons. The van der Waals surface area contributed by atoms with Crippen LogP contribution in [-0.2, 0) is 0 Å². The van der Waals surface area contributed by atoms with Crippen molar-refractivity contribution in [3.63, 3.8) is 0 Å². The lowest BCUT2D eigenvalue weighted by molar-refractivity contribution is -0.384. The second-order valence-corrected chi connectivity index (χ2v) is 7.27. The van der Waals surface area contributed by atoms with E-state index >= 15 is 0 Å². The summed E-state index contributed by atoms with van der Waals surface area (Å²) in [6.45, 7) is 3.56. The van der Waals surface area contributed by atoms with Gasteiger partial charge in [-0.1, -0.05) is 23.2 Å². The third kappa shape index (κ3) is 5.23. The van der Waals surface area contributed by atoms with E-state index in [1.165, 1.54) is 24.3 Å². The number of ether oxygens (including phenoxy) is 1. The number of hydrogen-bond acceptors (Lipinski definition) is 7. The van der Waals surface area contributed by atoms with Crippen LogP contribution in [0.5, 0.6) is 5.75 Å². The number of β-amino-alcohol motifs (C(OH)–C–C–N with tert-alkyl or cyclic N) is 1. The van der Waals surface area contributed by atoms with Crippen molar-refractivity contribution in [3.05, 3.63) is 56.8 Å². The van der Waals surface area contributed by atoms with Gasteiger partial charge in [-0.25, -0.2) is 0 Å². The molecule has 1 aliphatic heterocycles. The van der Waals surface area contributed by atoms with Crippen molar-refractivity contribution in [2.45, 2.75) is 6.10 Å². The second-order valence-electron chi connectivity index (χ2n) is 6.46. The van der Waals surface area contributed by atoms with Crippen molar-refractivity contribution in [1.29, 1.82) is 0 Å². The van der Waals surface area contributed by atoms with E-state index in [9.17, 15) is 15.2 Å². The number of rotatable bonds is 7. The third-order valence-corrected chi connectivity index (χ3v) is 5.03. The molecule has 0 bridgehead atoms. The zero-order valence-electron chi connectivity index (χ0n) is 15.0. The Morgan fingerprint density at radius 2 is 1.75 bits per heavy atom. The molecule has 1 aromatic carbocycles. The normalized spacial score (nSPS) is 16.0. The summed E-state index contributed by atoms with van der Waals surface area (Å²) < 4.78 is 5.51. The van der Waals surface area contributed by atoms with E-state index in [0.717, 1.165) is 31.9 Å². The van der Waals surface area contributed by atoms with Crippen LogP contribution in [0.1, 0.15) is 0 Å². The number of non-ortho nitro benzene ring substituents is 1. The van der Waals surface area contributed by atoms with Gasteiger partial charge in [-0.15, -0.1) is 0 Å². The topological polar surface area (TPSA) is 92.0 Å². The van der Waals surface area contributed by atoms with E-state index < -0.39 is 11.0 Å². The van der Waals surface area contributed by atoms with E-state index in [0.29, 0.717) is 22.3 Å². The van der Waals surface area contributed by atoms with Crippen LogP contribution in [0, 0.1) is 10.1 Å². The first-order valence-electron chi connectivity index (χ1n) is 8.75. The molecule has 2 aromatic rings. The van der Waals surface area contributed by atoms with Gasteiger partial charge in [0.25, 0.3) is 5.69 Å². The molecule has 0 spiro atoms. The van der Waals surface area contributed by atoms with Gasteiger partial charge in [0.1, 0.15) is 18.5 Å². The summed E-state index contributed by atoms with van der Waals surface area (Å²) in [4.78, 5) is 18.4. The number of hydrogen-bond donors (Lipinski definition) is 1. The first-order chi connectivity index (χ1) is 13.4. The number of nitro benzene ring substituents is 1. The average Bonchev–Trinajstić information content (AvgIpc) is 2.68. The Hall–Kier alpha value is -2.13. The Balaban J connectivity index is 1.44. The molecule has 0 aliphatic carbocycles. The standard InChI is InChI=1S/C18H20Cl2N4O4/c19-16-9-21-10-17(20)18(16)23-7-5-22(6-8-23)11-14(25)12-28-15-3-1-13(2-4-15)24(26)27/h1-4,9-10,14,25H,5-8,11-12H2. The minimum absolute atomic E-state index is 0.000161. The summed E-state index contributed by atoms with van der Waals surface area (Å²) in [7, 11) is 0. The lowest BCUT2D eigenvalue weighted by Gasteiger charge is -2.37. The highest BCUT2D eigenvalue weighted by Gasteiger charge is 2.22. The highest BCUT2D eigenvalue weighted by atomic mass is 35.5. The van der Waals surface area contributed by atoms with E-state index in [4.69, 9.17) is 27.9 Å². The SMILES string of the molecule is O=[N+]([O-])c1ccc(OCC(O)CN2CCN(c3c(Cl)cncc3Cl)CC2)cc1. The monoisotopic (exact) mass is 426 g/mol. The summed E-state index contributed by atoms with van der Waals surface area (Å²) in [6, 6.07) is 5.78. The van der Waals surface area contributed by atoms with Crippen molar-refractivity contribution in [3.8, 4) is 5.75 Å². The summed E-state index contributed by atoms with van der Waals surface area (Å²) in [5.74, 6) is 0.483. The predicted octanol–water partition coefficient (Wildman–Crippen LogP) is 2.86. The average molecular weight is 427 g/mol. The van der Waals surface area contributed by atoms with Crippen LogP contribution >= 0.6 is 23.2 Å². The molecule has 10 heteroatoms. The summed E-state index contributed by atoms with van der Waals surface area (Å²) >= 11 is 12.4. The number of anilines is 1. The lowest BCUT2D eigenvalue weighted by Crippen LogP contribution is -2.49. The van der Waals surface area contributed by atoms with Gasteiger partial charge >= 0.3 is 0 Å². The van der Waals surface area contributed by atoms with Gasteiger partial charge in [0.15, 0.2) is 0 Å². The van der Waals surface area contributed by atoms with Gasteiger partial charge in [0.05, 0.1) is 20.7 Å². The molecular weight excluding hydrogens is 407 g/mol. The van der Waals surface area contributed by atoms with Crippen molar-refractivity contribution in [1.82, 2.24) is 9.88 Å². The fourth-order valence-electron chi connectivity index (χ4n) is 3.07. The van der Waals surface area contributed by atoms with Crippen molar-refractivity contribution in [2.75, 3.05) is 44.2 Å². The number of pyridine rings is 1. The molecule has 1 N–H and O–H groups in total. The van der Waals surface area contributed by atoms with E-state index in [-0.39, 0.29) is 12.3 Å². The van der Waals surface area contributed by atoms with Crippen LogP contribution in [0.4, 0.5) is 11.4 Å². The Kier molecular flexibility index (Phi) is 6.90. The van der Waals surface area contributed by atoms with Crippen LogP contribution in [0.2, 0.25) is 10.0 Å². The maximum atomic E-state index is 10.6. The molecule has 150 valence electrons. The van der Waals surface area contributed by atoms with Crippen LogP contribution < -0.4 is 9.64 Å². The van der Waals surface area contributed by atoms with E-state index in [1.807, 2.05) is 0 Å². The molecule has 2 heterocycles. The third-order valence-electron chi connectivity index (χ3n) is 4.48. The number of halogens is 2. The van der Waals surface area contributed by atoms with Gasteiger partial charge in [0, 0.05) is 57.3 Å². The molecule has 1 atom stereocenters. The molecule has 1 fully saturated rings. The maximum Gasteiger partial charge on any atom is 0.269 e. The van der Waals surface area contributed by atoms with Gasteiger partial charge < -0.3 is 14.7 Å². The number of aliphatic hydroxyl groups is 1.